The normalized spacial score (nSPS) is 11.4. The van der Waals surface area contributed by atoms with Gasteiger partial charge >= 0.3 is 6.18 Å². The Kier molecular flexibility index (Phi) is 5.96. The first-order valence-electron chi connectivity index (χ1n) is 8.44. The van der Waals surface area contributed by atoms with E-state index in [9.17, 15) is 27.2 Å². The highest BCUT2D eigenvalue weighted by Crippen LogP contribution is 2.38. The molecular formula is C20H13ClF4N2O2S. The molecule has 156 valence electrons. The summed E-state index contributed by atoms with van der Waals surface area (Å²) in [5.74, 6) is -2.49. The van der Waals surface area contributed by atoms with Gasteiger partial charge in [0.1, 0.15) is 10.7 Å². The number of aryl methyl sites for hydroxylation is 1. The summed E-state index contributed by atoms with van der Waals surface area (Å²) < 4.78 is 53.4. The summed E-state index contributed by atoms with van der Waals surface area (Å²) in [6.07, 6.45) is -4.87. The maximum Gasteiger partial charge on any atom is 0.435 e. The van der Waals surface area contributed by atoms with Crippen LogP contribution < -0.4 is 4.90 Å². The van der Waals surface area contributed by atoms with Crippen molar-refractivity contribution in [3.05, 3.63) is 68.9 Å². The second kappa shape index (κ2) is 8.16. The average Bonchev–Trinajstić information content (AvgIpc) is 3.05. The number of aromatic nitrogens is 1. The number of hydrogen-bond acceptors (Lipinski definition) is 4. The van der Waals surface area contributed by atoms with Gasteiger partial charge in [0.05, 0.1) is 10.7 Å². The van der Waals surface area contributed by atoms with Crippen LogP contribution in [0.15, 0.2) is 42.5 Å². The maximum atomic E-state index is 13.4. The highest BCUT2D eigenvalue weighted by Gasteiger charge is 2.41. The van der Waals surface area contributed by atoms with Crippen LogP contribution in [0.25, 0.3) is 11.1 Å². The lowest BCUT2D eigenvalue weighted by Gasteiger charge is -2.23. The van der Waals surface area contributed by atoms with E-state index in [-0.39, 0.29) is 15.7 Å². The van der Waals surface area contributed by atoms with Crippen LogP contribution in [0.3, 0.4) is 0 Å². The highest BCUT2D eigenvalue weighted by atomic mass is 35.5. The minimum atomic E-state index is -4.87. The van der Waals surface area contributed by atoms with Crippen molar-refractivity contribution < 1.29 is 27.2 Å². The number of anilines is 1. The van der Waals surface area contributed by atoms with Gasteiger partial charge in [-0.05, 0) is 36.8 Å². The van der Waals surface area contributed by atoms with Crippen LogP contribution in [0.5, 0.6) is 0 Å². The van der Waals surface area contributed by atoms with Crippen molar-refractivity contribution >= 4 is 40.4 Å². The van der Waals surface area contributed by atoms with Gasteiger partial charge in [-0.25, -0.2) is 14.3 Å². The first-order valence-corrected chi connectivity index (χ1v) is 9.63. The van der Waals surface area contributed by atoms with Gasteiger partial charge in [0.2, 0.25) is 5.91 Å². The van der Waals surface area contributed by atoms with Crippen molar-refractivity contribution in [2.75, 3.05) is 4.90 Å². The molecule has 0 saturated heterocycles. The topological polar surface area (TPSA) is 50.3 Å². The summed E-state index contributed by atoms with van der Waals surface area (Å²) in [6.45, 7) is 2.38. The molecule has 0 N–H and O–H groups in total. The zero-order valence-corrected chi connectivity index (χ0v) is 17.1. The molecule has 0 atom stereocenters. The van der Waals surface area contributed by atoms with E-state index in [0.717, 1.165) is 6.92 Å². The van der Waals surface area contributed by atoms with Crippen LogP contribution >= 0.6 is 22.9 Å². The van der Waals surface area contributed by atoms with E-state index in [0.29, 0.717) is 27.4 Å². The molecule has 0 radical (unpaired) electrons. The third-order valence-corrected chi connectivity index (χ3v) is 5.26. The van der Waals surface area contributed by atoms with E-state index in [4.69, 9.17) is 11.6 Å². The highest BCUT2D eigenvalue weighted by molar-refractivity contribution is 7.14. The number of hydrogen-bond donors (Lipinski definition) is 0. The lowest BCUT2D eigenvalue weighted by Crippen LogP contribution is -2.36. The Morgan fingerprint density at radius 3 is 2.30 bits per heavy atom. The van der Waals surface area contributed by atoms with Crippen molar-refractivity contribution in [3.63, 3.8) is 0 Å². The number of amides is 2. The quantitative estimate of drug-likeness (QED) is 0.446. The van der Waals surface area contributed by atoms with Gasteiger partial charge in [0, 0.05) is 17.5 Å². The number of nitrogens with zero attached hydrogens (tertiary/aromatic N) is 2. The van der Waals surface area contributed by atoms with E-state index in [1.54, 1.807) is 0 Å². The number of alkyl halides is 3. The number of thiazole rings is 1. The summed E-state index contributed by atoms with van der Waals surface area (Å²) in [5, 5.41) is 0.186. The fourth-order valence-electron chi connectivity index (χ4n) is 2.85. The summed E-state index contributed by atoms with van der Waals surface area (Å²) >= 11 is 6.58. The largest absolute Gasteiger partial charge is 0.435 e. The third-order valence-electron chi connectivity index (χ3n) is 4.07. The molecule has 4 nitrogen and oxygen atoms in total. The van der Waals surface area contributed by atoms with Gasteiger partial charge in [-0.2, -0.15) is 13.2 Å². The number of halogens is 5. The van der Waals surface area contributed by atoms with Crippen molar-refractivity contribution in [1.29, 1.82) is 0 Å². The lowest BCUT2D eigenvalue weighted by atomic mass is 10.0. The molecule has 0 aliphatic carbocycles. The Morgan fingerprint density at radius 1 is 1.10 bits per heavy atom. The molecule has 0 fully saturated rings. The Balaban J connectivity index is 2.20. The monoisotopic (exact) mass is 456 g/mol. The molecule has 1 aromatic heterocycles. The number of carbonyl (C=O) groups is 2. The molecule has 0 saturated carbocycles. The number of benzene rings is 2. The second-order valence-corrected chi connectivity index (χ2v) is 7.88. The van der Waals surface area contributed by atoms with Crippen molar-refractivity contribution in [3.8, 4) is 11.1 Å². The Hall–Kier alpha value is -2.78. The standard InChI is InChI=1S/C20H13ClF4N2O2S/c1-10-26-18(20(23,24)25)17(30-10)19(29)27(11(2)28)16-9-13(21)5-8-15(16)12-3-6-14(22)7-4-12/h3-9H,1-2H3. The fraction of sp³-hybridized carbons (Fsp3) is 0.150. The van der Waals surface area contributed by atoms with Gasteiger partial charge < -0.3 is 0 Å². The summed E-state index contributed by atoms with van der Waals surface area (Å²) in [4.78, 5) is 28.8. The van der Waals surface area contributed by atoms with Crippen LogP contribution in [-0.4, -0.2) is 16.8 Å². The minimum Gasteiger partial charge on any atom is -0.274 e. The Bertz CT molecular complexity index is 1130. The van der Waals surface area contributed by atoms with Crippen LogP contribution in [0.2, 0.25) is 5.02 Å². The molecule has 2 aromatic carbocycles. The molecule has 30 heavy (non-hydrogen) atoms. The first-order chi connectivity index (χ1) is 14.0. The molecule has 3 aromatic rings. The summed E-state index contributed by atoms with van der Waals surface area (Å²) in [5.41, 5.74) is -0.617. The predicted molar refractivity (Wildman–Crippen MR) is 106 cm³/mol. The molecule has 0 unspecified atom stereocenters. The Labute approximate surface area is 177 Å². The van der Waals surface area contributed by atoms with Crippen LogP contribution in [-0.2, 0) is 11.0 Å². The van der Waals surface area contributed by atoms with Crippen molar-refractivity contribution in [2.24, 2.45) is 0 Å². The first kappa shape index (κ1) is 21.9. The average molecular weight is 457 g/mol. The maximum absolute atomic E-state index is 13.4. The fourth-order valence-corrected chi connectivity index (χ4v) is 3.89. The molecular weight excluding hydrogens is 444 g/mol. The molecule has 0 bridgehead atoms. The Morgan fingerprint density at radius 2 is 1.73 bits per heavy atom. The van der Waals surface area contributed by atoms with Gasteiger partial charge in [0.15, 0.2) is 5.69 Å². The van der Waals surface area contributed by atoms with E-state index < -0.39 is 34.4 Å². The van der Waals surface area contributed by atoms with Gasteiger partial charge in [0.25, 0.3) is 5.91 Å². The summed E-state index contributed by atoms with van der Waals surface area (Å²) in [6, 6.07) is 9.48. The number of carbonyl (C=O) groups excluding carboxylic acids is 2. The molecule has 0 spiro atoms. The van der Waals surface area contributed by atoms with Crippen LogP contribution in [0.4, 0.5) is 23.2 Å². The molecule has 1 heterocycles. The number of rotatable bonds is 3. The predicted octanol–water partition coefficient (Wildman–Crippen LogP) is 6.12. The van der Waals surface area contributed by atoms with Gasteiger partial charge in [-0.15, -0.1) is 11.3 Å². The summed E-state index contributed by atoms with van der Waals surface area (Å²) in [7, 11) is 0. The molecule has 10 heteroatoms. The smallest absolute Gasteiger partial charge is 0.274 e. The van der Waals surface area contributed by atoms with E-state index >= 15 is 0 Å². The molecule has 2 amide bonds. The van der Waals surface area contributed by atoms with Crippen LogP contribution in [0, 0.1) is 12.7 Å². The van der Waals surface area contributed by atoms with Crippen LogP contribution in [0.1, 0.15) is 27.3 Å². The van der Waals surface area contributed by atoms with Gasteiger partial charge in [-0.3, -0.25) is 9.59 Å². The molecule has 3 rings (SSSR count). The zero-order valence-electron chi connectivity index (χ0n) is 15.6. The van der Waals surface area contributed by atoms with Crippen molar-refractivity contribution in [1.82, 2.24) is 4.98 Å². The molecule has 0 aliphatic heterocycles. The zero-order chi connectivity index (χ0) is 22.2. The second-order valence-electron chi connectivity index (χ2n) is 6.24. The van der Waals surface area contributed by atoms with E-state index in [2.05, 4.69) is 4.98 Å². The lowest BCUT2D eigenvalue weighted by molar-refractivity contribution is -0.141. The number of imide groups is 1. The SMILES string of the molecule is CC(=O)N(C(=O)c1sc(C)nc1C(F)(F)F)c1cc(Cl)ccc1-c1ccc(F)cc1. The van der Waals surface area contributed by atoms with Crippen molar-refractivity contribution in [2.45, 2.75) is 20.0 Å². The third kappa shape index (κ3) is 4.36. The minimum absolute atomic E-state index is 0.0224. The van der Waals surface area contributed by atoms with E-state index in [1.807, 2.05) is 0 Å². The van der Waals surface area contributed by atoms with Gasteiger partial charge in [-0.1, -0.05) is 29.8 Å². The van der Waals surface area contributed by atoms with E-state index in [1.165, 1.54) is 49.4 Å². The molecule has 0 aliphatic rings.